The van der Waals surface area contributed by atoms with Gasteiger partial charge < -0.3 is 24.1 Å². The van der Waals surface area contributed by atoms with Gasteiger partial charge in [0, 0.05) is 12.5 Å². The van der Waals surface area contributed by atoms with Crippen molar-refractivity contribution in [3.8, 4) is 23.0 Å². The molecule has 0 aliphatic carbocycles. The molecule has 0 aliphatic heterocycles. The first kappa shape index (κ1) is 18.1. The van der Waals surface area contributed by atoms with E-state index in [2.05, 4.69) is 0 Å². The molecule has 1 N–H and O–H groups in total. The number of carboxylic acid groups (broad SMARTS) is 1. The Morgan fingerprint density at radius 2 is 1.64 bits per heavy atom. The van der Waals surface area contributed by atoms with Gasteiger partial charge in [0.2, 0.25) is 0 Å². The summed E-state index contributed by atoms with van der Waals surface area (Å²) in [6.07, 6.45) is 0. The number of methoxy groups -OCH3 is 2. The highest BCUT2D eigenvalue weighted by molar-refractivity contribution is 5.92. The summed E-state index contributed by atoms with van der Waals surface area (Å²) in [5, 5.41) is 9.26. The van der Waals surface area contributed by atoms with Crippen molar-refractivity contribution in [2.75, 3.05) is 14.2 Å². The second kappa shape index (κ2) is 8.05. The number of aromatic carboxylic acids is 1. The Bertz CT molecular complexity index is 783. The number of benzene rings is 2. The largest absolute Gasteiger partial charge is 0.497 e. The monoisotopic (exact) mass is 346 g/mol. The van der Waals surface area contributed by atoms with E-state index in [1.807, 2.05) is 0 Å². The van der Waals surface area contributed by atoms with Gasteiger partial charge in [0.25, 0.3) is 0 Å². The molecular formula is C18H18O7. The Labute approximate surface area is 144 Å². The maximum Gasteiger partial charge on any atom is 0.339 e. The molecule has 0 saturated heterocycles. The fourth-order valence-electron chi connectivity index (χ4n) is 2.17. The quantitative estimate of drug-likeness (QED) is 0.609. The molecule has 0 amide bonds. The van der Waals surface area contributed by atoms with Crippen LogP contribution in [-0.4, -0.2) is 31.3 Å². The highest BCUT2D eigenvalue weighted by Gasteiger charge is 2.15. The van der Waals surface area contributed by atoms with Crippen LogP contribution in [0.4, 0.5) is 0 Å². The molecule has 0 spiro atoms. The summed E-state index contributed by atoms with van der Waals surface area (Å²) in [6.45, 7) is 1.34. The van der Waals surface area contributed by atoms with E-state index in [9.17, 15) is 14.7 Å². The van der Waals surface area contributed by atoms with Crippen LogP contribution in [0.2, 0.25) is 0 Å². The number of hydrogen-bond acceptors (Lipinski definition) is 6. The second-order valence-corrected chi connectivity index (χ2v) is 5.02. The number of rotatable bonds is 7. The second-order valence-electron chi connectivity index (χ2n) is 5.02. The van der Waals surface area contributed by atoms with Crippen molar-refractivity contribution in [1.82, 2.24) is 0 Å². The molecule has 0 bridgehead atoms. The van der Waals surface area contributed by atoms with Crippen molar-refractivity contribution >= 4 is 11.9 Å². The summed E-state index contributed by atoms with van der Waals surface area (Å²) in [6, 6.07) is 9.49. The molecule has 132 valence electrons. The van der Waals surface area contributed by atoms with E-state index in [1.165, 1.54) is 25.1 Å². The van der Waals surface area contributed by atoms with E-state index in [4.69, 9.17) is 18.9 Å². The Hall–Kier alpha value is -3.22. The standard InChI is InChI=1S/C18H18O7/c1-11(19)25-17-7-5-14(9-15(17)18(20)21)24-10-12-8-13(22-2)4-6-16(12)23-3/h4-9H,10H2,1-3H3,(H,20,21). The topological polar surface area (TPSA) is 91.3 Å². The van der Waals surface area contributed by atoms with Gasteiger partial charge in [-0.3, -0.25) is 4.79 Å². The van der Waals surface area contributed by atoms with Crippen LogP contribution in [0.3, 0.4) is 0 Å². The molecule has 0 aromatic heterocycles. The van der Waals surface area contributed by atoms with Crippen molar-refractivity contribution in [3.63, 3.8) is 0 Å². The van der Waals surface area contributed by atoms with E-state index in [1.54, 1.807) is 32.4 Å². The molecular weight excluding hydrogens is 328 g/mol. The summed E-state index contributed by atoms with van der Waals surface area (Å²) in [5.74, 6) is -0.269. The Morgan fingerprint density at radius 1 is 0.960 bits per heavy atom. The summed E-state index contributed by atoms with van der Waals surface area (Å²) in [5.41, 5.74) is 0.577. The average Bonchev–Trinajstić information content (AvgIpc) is 2.59. The van der Waals surface area contributed by atoms with Crippen molar-refractivity contribution in [3.05, 3.63) is 47.5 Å². The number of carbonyl (C=O) groups excluding carboxylic acids is 1. The van der Waals surface area contributed by atoms with Crippen LogP contribution in [-0.2, 0) is 11.4 Å². The minimum absolute atomic E-state index is 0.0358. The van der Waals surface area contributed by atoms with E-state index in [0.717, 1.165) is 5.56 Å². The minimum Gasteiger partial charge on any atom is -0.497 e. The average molecular weight is 346 g/mol. The molecule has 0 heterocycles. The molecule has 7 heteroatoms. The normalized spacial score (nSPS) is 10.0. The Balaban J connectivity index is 2.22. The van der Waals surface area contributed by atoms with Crippen LogP contribution in [0.5, 0.6) is 23.0 Å². The van der Waals surface area contributed by atoms with E-state index >= 15 is 0 Å². The molecule has 0 fully saturated rings. The van der Waals surface area contributed by atoms with E-state index in [-0.39, 0.29) is 17.9 Å². The predicted octanol–water partition coefficient (Wildman–Crippen LogP) is 2.91. The summed E-state index contributed by atoms with van der Waals surface area (Å²) in [7, 11) is 3.10. The van der Waals surface area contributed by atoms with E-state index in [0.29, 0.717) is 17.2 Å². The molecule has 0 radical (unpaired) electrons. The van der Waals surface area contributed by atoms with Crippen LogP contribution < -0.4 is 18.9 Å². The number of hydrogen-bond donors (Lipinski definition) is 1. The first-order valence-corrected chi connectivity index (χ1v) is 7.34. The fraction of sp³-hybridized carbons (Fsp3) is 0.222. The van der Waals surface area contributed by atoms with Crippen molar-refractivity contribution in [2.24, 2.45) is 0 Å². The molecule has 0 aliphatic rings. The SMILES string of the molecule is COc1ccc(OC)c(COc2ccc(OC(C)=O)c(C(=O)O)c2)c1. The van der Waals surface area contributed by atoms with Crippen LogP contribution in [0.25, 0.3) is 0 Å². The molecule has 25 heavy (non-hydrogen) atoms. The van der Waals surface area contributed by atoms with Gasteiger partial charge in [0.05, 0.1) is 14.2 Å². The van der Waals surface area contributed by atoms with Crippen LogP contribution >= 0.6 is 0 Å². The van der Waals surface area contributed by atoms with Gasteiger partial charge >= 0.3 is 11.9 Å². The lowest BCUT2D eigenvalue weighted by Gasteiger charge is -2.13. The molecule has 2 rings (SSSR count). The molecule has 2 aromatic carbocycles. The lowest BCUT2D eigenvalue weighted by Crippen LogP contribution is -2.08. The first-order chi connectivity index (χ1) is 11.9. The van der Waals surface area contributed by atoms with Gasteiger partial charge in [-0.25, -0.2) is 4.79 Å². The maximum atomic E-state index is 11.3. The lowest BCUT2D eigenvalue weighted by molar-refractivity contribution is -0.131. The number of carbonyl (C=O) groups is 2. The van der Waals surface area contributed by atoms with Crippen molar-refractivity contribution in [2.45, 2.75) is 13.5 Å². The zero-order valence-electron chi connectivity index (χ0n) is 14.1. The van der Waals surface area contributed by atoms with E-state index < -0.39 is 11.9 Å². The smallest absolute Gasteiger partial charge is 0.339 e. The molecule has 0 saturated carbocycles. The van der Waals surface area contributed by atoms with Crippen molar-refractivity contribution < 1.29 is 33.6 Å². The minimum atomic E-state index is -1.22. The van der Waals surface area contributed by atoms with Gasteiger partial charge in [-0.15, -0.1) is 0 Å². The fourth-order valence-corrected chi connectivity index (χ4v) is 2.17. The molecule has 7 nitrogen and oxygen atoms in total. The van der Waals surface area contributed by atoms with Gasteiger partial charge in [-0.05, 0) is 36.4 Å². The Kier molecular flexibility index (Phi) is 5.84. The maximum absolute atomic E-state index is 11.3. The van der Waals surface area contributed by atoms with Gasteiger partial charge in [-0.1, -0.05) is 0 Å². The van der Waals surface area contributed by atoms with Gasteiger partial charge in [-0.2, -0.15) is 0 Å². The summed E-state index contributed by atoms with van der Waals surface area (Å²) >= 11 is 0. The molecule has 0 atom stereocenters. The van der Waals surface area contributed by atoms with Crippen molar-refractivity contribution in [1.29, 1.82) is 0 Å². The third-order valence-electron chi connectivity index (χ3n) is 3.32. The predicted molar refractivity (Wildman–Crippen MR) is 88.6 cm³/mol. The zero-order valence-corrected chi connectivity index (χ0v) is 14.1. The number of carboxylic acids is 1. The zero-order chi connectivity index (χ0) is 18.4. The highest BCUT2D eigenvalue weighted by atomic mass is 16.5. The lowest BCUT2D eigenvalue weighted by atomic mass is 10.2. The molecule has 0 unspecified atom stereocenters. The van der Waals surface area contributed by atoms with Gasteiger partial charge in [0.15, 0.2) is 0 Å². The molecule has 2 aromatic rings. The van der Waals surface area contributed by atoms with Crippen LogP contribution in [0, 0.1) is 0 Å². The van der Waals surface area contributed by atoms with Crippen LogP contribution in [0.15, 0.2) is 36.4 Å². The van der Waals surface area contributed by atoms with Crippen LogP contribution in [0.1, 0.15) is 22.8 Å². The van der Waals surface area contributed by atoms with Gasteiger partial charge in [0.1, 0.15) is 35.2 Å². The number of ether oxygens (including phenoxy) is 4. The third-order valence-corrected chi connectivity index (χ3v) is 3.32. The third kappa shape index (κ3) is 4.63. The Morgan fingerprint density at radius 3 is 2.24 bits per heavy atom. The summed E-state index contributed by atoms with van der Waals surface area (Å²) < 4.78 is 21.0. The first-order valence-electron chi connectivity index (χ1n) is 7.34. The number of esters is 1. The summed E-state index contributed by atoms with van der Waals surface area (Å²) in [4.78, 5) is 22.4. The highest BCUT2D eigenvalue weighted by Crippen LogP contribution is 2.28.